The number of nitrogens with zero attached hydrogens (tertiary/aromatic N) is 1. The first-order valence-corrected chi connectivity index (χ1v) is 5.94. The molecule has 0 saturated carbocycles. The molecule has 2 N–H and O–H groups in total. The van der Waals surface area contributed by atoms with Gasteiger partial charge in [-0.15, -0.1) is 0 Å². The molecular formula is C13H16N2O2. The lowest BCUT2D eigenvalue weighted by molar-refractivity contribution is -0.136. The predicted octanol–water partition coefficient (Wildman–Crippen LogP) is 0.503. The van der Waals surface area contributed by atoms with Crippen LogP contribution in [0.1, 0.15) is 11.1 Å². The molecule has 2 atom stereocenters. The Morgan fingerprint density at radius 1 is 1.24 bits per heavy atom. The molecule has 1 fully saturated rings. The predicted molar refractivity (Wildman–Crippen MR) is 63.0 cm³/mol. The minimum atomic E-state index is -0.163. The fraction of sp³-hybridized carbons (Fsp3) is 0.462. The van der Waals surface area contributed by atoms with Crippen molar-refractivity contribution >= 4 is 5.91 Å². The van der Waals surface area contributed by atoms with Crippen LogP contribution in [0.4, 0.5) is 0 Å². The molecular weight excluding hydrogens is 216 g/mol. The Bertz CT molecular complexity index is 422. The van der Waals surface area contributed by atoms with E-state index in [4.69, 9.17) is 10.5 Å². The molecule has 3 rings (SSSR count). The molecule has 0 aliphatic carbocycles. The summed E-state index contributed by atoms with van der Waals surface area (Å²) in [6.45, 7) is 2.38. The summed E-state index contributed by atoms with van der Waals surface area (Å²) >= 11 is 0. The summed E-state index contributed by atoms with van der Waals surface area (Å²) in [6, 6.07) is 8.03. The highest BCUT2D eigenvalue weighted by molar-refractivity contribution is 5.80. The maximum Gasteiger partial charge on any atom is 0.230 e. The molecule has 1 amide bonds. The van der Waals surface area contributed by atoms with Gasteiger partial charge in [-0.3, -0.25) is 4.79 Å². The van der Waals surface area contributed by atoms with Gasteiger partial charge in [0.25, 0.3) is 0 Å². The van der Waals surface area contributed by atoms with Crippen molar-refractivity contribution in [3.8, 4) is 0 Å². The fourth-order valence-electron chi connectivity index (χ4n) is 2.55. The lowest BCUT2D eigenvalue weighted by Crippen LogP contribution is -2.41. The van der Waals surface area contributed by atoms with Crippen molar-refractivity contribution in [1.29, 1.82) is 0 Å². The topological polar surface area (TPSA) is 55.6 Å². The largest absolute Gasteiger partial charge is 0.379 e. The molecule has 0 spiro atoms. The highest BCUT2D eigenvalue weighted by atomic mass is 16.5. The number of carbonyl (C=O) groups is 1. The zero-order valence-corrected chi connectivity index (χ0v) is 9.63. The minimum absolute atomic E-state index is 0.131. The molecule has 2 aliphatic rings. The number of nitrogens with two attached hydrogens (primary N) is 1. The molecule has 90 valence electrons. The van der Waals surface area contributed by atoms with E-state index in [2.05, 4.69) is 12.1 Å². The molecule has 0 radical (unpaired) electrons. The first-order valence-electron chi connectivity index (χ1n) is 5.94. The number of hydrogen-bond acceptors (Lipinski definition) is 3. The number of rotatable bonds is 1. The highest BCUT2D eigenvalue weighted by Crippen LogP contribution is 2.25. The maximum atomic E-state index is 12.3. The van der Waals surface area contributed by atoms with E-state index >= 15 is 0 Å². The van der Waals surface area contributed by atoms with Gasteiger partial charge >= 0.3 is 0 Å². The number of amides is 1. The second-order valence-corrected chi connectivity index (χ2v) is 4.77. The minimum Gasteiger partial charge on any atom is -0.379 e. The average molecular weight is 232 g/mol. The number of hydrogen-bond donors (Lipinski definition) is 1. The Morgan fingerprint density at radius 2 is 1.88 bits per heavy atom. The molecule has 4 nitrogen and oxygen atoms in total. The molecule has 4 heteroatoms. The van der Waals surface area contributed by atoms with Crippen molar-refractivity contribution in [3.05, 3.63) is 35.4 Å². The van der Waals surface area contributed by atoms with Crippen LogP contribution in [-0.2, 0) is 22.6 Å². The highest BCUT2D eigenvalue weighted by Gasteiger charge is 2.36. The fourth-order valence-corrected chi connectivity index (χ4v) is 2.55. The maximum absolute atomic E-state index is 12.3. The summed E-state index contributed by atoms with van der Waals surface area (Å²) in [7, 11) is 0. The quantitative estimate of drug-likeness (QED) is 0.767. The first-order chi connectivity index (χ1) is 8.25. The SMILES string of the molecule is NC1COCC1C(=O)N1Cc2ccccc2C1. The van der Waals surface area contributed by atoms with Gasteiger partial charge in [0.15, 0.2) is 0 Å². The van der Waals surface area contributed by atoms with Crippen LogP contribution in [0.5, 0.6) is 0 Å². The van der Waals surface area contributed by atoms with E-state index < -0.39 is 0 Å². The van der Waals surface area contributed by atoms with Crippen LogP contribution < -0.4 is 5.73 Å². The molecule has 2 heterocycles. The van der Waals surface area contributed by atoms with Gasteiger partial charge in [-0.2, -0.15) is 0 Å². The van der Waals surface area contributed by atoms with Crippen molar-refractivity contribution < 1.29 is 9.53 Å². The molecule has 17 heavy (non-hydrogen) atoms. The van der Waals surface area contributed by atoms with Crippen LogP contribution >= 0.6 is 0 Å². The summed E-state index contributed by atoms with van der Waals surface area (Å²) < 4.78 is 5.25. The number of fused-ring (bicyclic) bond motifs is 1. The zero-order chi connectivity index (χ0) is 11.8. The van der Waals surface area contributed by atoms with Crippen molar-refractivity contribution in [3.63, 3.8) is 0 Å². The van der Waals surface area contributed by atoms with Crippen molar-refractivity contribution in [2.45, 2.75) is 19.1 Å². The van der Waals surface area contributed by atoms with Gasteiger partial charge in [0.1, 0.15) is 0 Å². The standard InChI is InChI=1S/C13H16N2O2/c14-12-8-17-7-11(12)13(16)15-5-9-3-1-2-4-10(9)6-15/h1-4,11-12H,5-8,14H2. The number of benzene rings is 1. The van der Waals surface area contributed by atoms with Crippen molar-refractivity contribution in [2.75, 3.05) is 13.2 Å². The van der Waals surface area contributed by atoms with Gasteiger partial charge in [0, 0.05) is 19.1 Å². The summed E-state index contributed by atoms with van der Waals surface area (Å²) in [4.78, 5) is 14.2. The first kappa shape index (κ1) is 10.7. The van der Waals surface area contributed by atoms with Crippen LogP contribution in [0.2, 0.25) is 0 Å². The van der Waals surface area contributed by atoms with E-state index in [9.17, 15) is 4.79 Å². The summed E-state index contributed by atoms with van der Waals surface area (Å²) in [5.74, 6) is -0.0319. The van der Waals surface area contributed by atoms with Crippen molar-refractivity contribution in [1.82, 2.24) is 4.90 Å². The number of carbonyl (C=O) groups excluding carboxylic acids is 1. The molecule has 2 aliphatic heterocycles. The Morgan fingerprint density at radius 3 is 2.41 bits per heavy atom. The van der Waals surface area contributed by atoms with Gasteiger partial charge < -0.3 is 15.4 Å². The lowest BCUT2D eigenvalue weighted by atomic mass is 10.0. The van der Waals surface area contributed by atoms with E-state index in [0.717, 1.165) is 0 Å². The lowest BCUT2D eigenvalue weighted by Gasteiger charge is -2.21. The Labute approximate surface area is 100 Å². The monoisotopic (exact) mass is 232 g/mol. The third kappa shape index (κ3) is 1.83. The van der Waals surface area contributed by atoms with Crippen LogP contribution in [0.25, 0.3) is 0 Å². The van der Waals surface area contributed by atoms with E-state index in [1.165, 1.54) is 11.1 Å². The zero-order valence-electron chi connectivity index (χ0n) is 9.63. The summed E-state index contributed by atoms with van der Waals surface area (Å²) in [5.41, 5.74) is 8.37. The summed E-state index contributed by atoms with van der Waals surface area (Å²) in [6.07, 6.45) is 0. The average Bonchev–Trinajstić information content (AvgIpc) is 2.93. The smallest absolute Gasteiger partial charge is 0.230 e. The number of ether oxygens (including phenoxy) is 1. The second-order valence-electron chi connectivity index (χ2n) is 4.77. The molecule has 0 bridgehead atoms. The van der Waals surface area contributed by atoms with Gasteiger partial charge in [-0.1, -0.05) is 24.3 Å². The second kappa shape index (κ2) is 4.13. The van der Waals surface area contributed by atoms with E-state index in [1.807, 2.05) is 17.0 Å². The Kier molecular flexibility index (Phi) is 2.61. The van der Waals surface area contributed by atoms with Crippen LogP contribution in [-0.4, -0.2) is 30.1 Å². The normalized spacial score (nSPS) is 27.2. The van der Waals surface area contributed by atoms with Gasteiger partial charge in [0.2, 0.25) is 5.91 Å². The van der Waals surface area contributed by atoms with Gasteiger partial charge in [0.05, 0.1) is 19.1 Å². The summed E-state index contributed by atoms with van der Waals surface area (Å²) in [5, 5.41) is 0. The van der Waals surface area contributed by atoms with Crippen LogP contribution in [0, 0.1) is 5.92 Å². The molecule has 0 aromatic heterocycles. The molecule has 1 aromatic rings. The molecule has 2 unspecified atom stereocenters. The third-order valence-electron chi connectivity index (χ3n) is 3.59. The Balaban J connectivity index is 1.74. The van der Waals surface area contributed by atoms with E-state index in [-0.39, 0.29) is 17.9 Å². The van der Waals surface area contributed by atoms with Gasteiger partial charge in [-0.25, -0.2) is 0 Å². The van der Waals surface area contributed by atoms with E-state index in [1.54, 1.807) is 0 Å². The molecule has 1 saturated heterocycles. The van der Waals surface area contributed by atoms with Crippen LogP contribution in [0.3, 0.4) is 0 Å². The third-order valence-corrected chi connectivity index (χ3v) is 3.59. The van der Waals surface area contributed by atoms with Crippen LogP contribution in [0.15, 0.2) is 24.3 Å². The Hall–Kier alpha value is -1.39. The van der Waals surface area contributed by atoms with Gasteiger partial charge in [-0.05, 0) is 11.1 Å². The van der Waals surface area contributed by atoms with Crippen molar-refractivity contribution in [2.24, 2.45) is 11.7 Å². The molecule has 1 aromatic carbocycles. The van der Waals surface area contributed by atoms with E-state index in [0.29, 0.717) is 26.3 Å².